The molecule has 0 radical (unpaired) electrons. The molecule has 1 heterocycles. The van der Waals surface area contributed by atoms with Crippen molar-refractivity contribution in [2.75, 3.05) is 6.61 Å². The highest BCUT2D eigenvalue weighted by atomic mass is 16.5. The van der Waals surface area contributed by atoms with Crippen molar-refractivity contribution < 1.29 is 19.4 Å². The minimum absolute atomic E-state index is 0.153. The SMILES string of the molecule is CCOC(=O)C(Cc1ccc(C)cc1)(C(O)C=O)N1C=CCC=C1. The molecule has 2 unspecified atom stereocenters. The highest BCUT2D eigenvalue weighted by Crippen LogP contribution is 2.29. The first-order chi connectivity index (χ1) is 11.5. The van der Waals surface area contributed by atoms with E-state index in [1.807, 2.05) is 43.3 Å². The van der Waals surface area contributed by atoms with Gasteiger partial charge in [-0.3, -0.25) is 0 Å². The maximum Gasteiger partial charge on any atom is 0.335 e. The van der Waals surface area contributed by atoms with Gasteiger partial charge in [-0.1, -0.05) is 42.0 Å². The van der Waals surface area contributed by atoms with Crippen molar-refractivity contribution in [2.24, 2.45) is 0 Å². The molecule has 1 aliphatic heterocycles. The van der Waals surface area contributed by atoms with E-state index in [1.165, 1.54) is 0 Å². The first-order valence-electron chi connectivity index (χ1n) is 8.02. The van der Waals surface area contributed by atoms with Crippen molar-refractivity contribution in [3.8, 4) is 0 Å². The third-order valence-electron chi connectivity index (χ3n) is 4.11. The summed E-state index contributed by atoms with van der Waals surface area (Å²) in [6.45, 7) is 3.84. The molecule has 0 amide bonds. The molecule has 0 aromatic heterocycles. The fourth-order valence-corrected chi connectivity index (χ4v) is 2.78. The second-order valence-electron chi connectivity index (χ2n) is 5.80. The van der Waals surface area contributed by atoms with Crippen LogP contribution in [-0.4, -0.2) is 40.5 Å². The van der Waals surface area contributed by atoms with Gasteiger partial charge in [0.25, 0.3) is 0 Å². The summed E-state index contributed by atoms with van der Waals surface area (Å²) < 4.78 is 5.21. The number of carbonyl (C=O) groups is 2. The minimum Gasteiger partial charge on any atom is -0.464 e. The summed E-state index contributed by atoms with van der Waals surface area (Å²) in [5.74, 6) is -0.624. The Kier molecular flexibility index (Phi) is 5.93. The third-order valence-corrected chi connectivity index (χ3v) is 4.11. The van der Waals surface area contributed by atoms with Crippen LogP contribution in [-0.2, 0) is 20.7 Å². The lowest BCUT2D eigenvalue weighted by molar-refractivity contribution is -0.163. The second-order valence-corrected chi connectivity index (χ2v) is 5.80. The highest BCUT2D eigenvalue weighted by Gasteiger charge is 2.50. The van der Waals surface area contributed by atoms with Crippen LogP contribution in [0.1, 0.15) is 24.5 Å². The van der Waals surface area contributed by atoms with Crippen molar-refractivity contribution in [3.05, 3.63) is 59.9 Å². The van der Waals surface area contributed by atoms with Crippen LogP contribution in [0.3, 0.4) is 0 Å². The number of aryl methyl sites for hydroxylation is 1. The summed E-state index contributed by atoms with van der Waals surface area (Å²) in [6.07, 6.45) is 6.89. The number of hydrogen-bond acceptors (Lipinski definition) is 5. The first kappa shape index (κ1) is 17.9. The van der Waals surface area contributed by atoms with Gasteiger partial charge in [0.1, 0.15) is 6.10 Å². The molecule has 5 nitrogen and oxygen atoms in total. The summed E-state index contributed by atoms with van der Waals surface area (Å²) >= 11 is 0. The van der Waals surface area contributed by atoms with Gasteiger partial charge in [0.2, 0.25) is 0 Å². The van der Waals surface area contributed by atoms with Crippen LogP contribution < -0.4 is 0 Å². The molecule has 1 aliphatic rings. The predicted octanol–water partition coefficient (Wildman–Crippen LogP) is 2.13. The molecule has 0 aliphatic carbocycles. The van der Waals surface area contributed by atoms with Gasteiger partial charge in [0.05, 0.1) is 6.61 Å². The molecule has 1 aromatic carbocycles. The zero-order chi connectivity index (χ0) is 17.6. The number of benzene rings is 1. The molecule has 24 heavy (non-hydrogen) atoms. The number of carbonyl (C=O) groups excluding carboxylic acids is 2. The average molecular weight is 329 g/mol. The molecular weight excluding hydrogens is 306 g/mol. The van der Waals surface area contributed by atoms with Gasteiger partial charge in [-0.25, -0.2) is 4.79 Å². The van der Waals surface area contributed by atoms with E-state index in [9.17, 15) is 14.7 Å². The second kappa shape index (κ2) is 7.93. The monoisotopic (exact) mass is 329 g/mol. The van der Waals surface area contributed by atoms with Crippen LogP contribution in [0.5, 0.6) is 0 Å². The fraction of sp³-hybridized carbons (Fsp3) is 0.368. The maximum absolute atomic E-state index is 12.8. The van der Waals surface area contributed by atoms with Crippen molar-refractivity contribution in [3.63, 3.8) is 0 Å². The third kappa shape index (κ3) is 3.57. The Balaban J connectivity index is 2.50. The largest absolute Gasteiger partial charge is 0.464 e. The molecule has 5 heteroatoms. The van der Waals surface area contributed by atoms with E-state index >= 15 is 0 Å². The Morgan fingerprint density at radius 2 is 1.96 bits per heavy atom. The van der Waals surface area contributed by atoms with Crippen molar-refractivity contribution >= 4 is 12.3 Å². The highest BCUT2D eigenvalue weighted by molar-refractivity contribution is 5.87. The topological polar surface area (TPSA) is 66.8 Å². The lowest BCUT2D eigenvalue weighted by atomic mass is 9.83. The summed E-state index contributed by atoms with van der Waals surface area (Å²) in [6, 6.07) is 7.64. The first-order valence-corrected chi connectivity index (χ1v) is 8.02. The van der Waals surface area contributed by atoms with Crippen molar-refractivity contribution in [1.29, 1.82) is 0 Å². The number of hydrogen-bond donors (Lipinski definition) is 1. The van der Waals surface area contributed by atoms with Crippen molar-refractivity contribution in [1.82, 2.24) is 4.90 Å². The normalized spacial score (nSPS) is 17.2. The quantitative estimate of drug-likeness (QED) is 0.613. The standard InChI is InChI=1S/C19H23NO4/c1-3-24-18(23)19(17(22)14-21,20-11-5-4-6-12-20)13-16-9-7-15(2)8-10-16/h5-12,14,17,22H,3-4,13H2,1-2H3. The molecule has 128 valence electrons. The van der Waals surface area contributed by atoms with Crippen LogP contribution in [0, 0.1) is 6.92 Å². The molecule has 1 aromatic rings. The molecule has 0 saturated carbocycles. The van der Waals surface area contributed by atoms with E-state index in [2.05, 4.69) is 0 Å². The van der Waals surface area contributed by atoms with Gasteiger partial charge < -0.3 is 19.5 Å². The summed E-state index contributed by atoms with van der Waals surface area (Å²) in [5, 5.41) is 10.5. The van der Waals surface area contributed by atoms with Crippen molar-refractivity contribution in [2.45, 2.75) is 38.3 Å². The van der Waals surface area contributed by atoms with E-state index < -0.39 is 17.6 Å². The number of rotatable bonds is 7. The van der Waals surface area contributed by atoms with Gasteiger partial charge >= 0.3 is 5.97 Å². The minimum atomic E-state index is -1.53. The Hall–Kier alpha value is -2.40. The van der Waals surface area contributed by atoms with Crippen LogP contribution in [0.4, 0.5) is 0 Å². The Morgan fingerprint density at radius 1 is 1.33 bits per heavy atom. The lowest BCUT2D eigenvalue weighted by Gasteiger charge is -2.41. The molecule has 1 N–H and O–H groups in total. The van der Waals surface area contributed by atoms with Gasteiger partial charge in [-0.2, -0.15) is 0 Å². The summed E-state index contributed by atoms with van der Waals surface area (Å²) in [4.78, 5) is 25.8. The van der Waals surface area contributed by atoms with Gasteiger partial charge in [0, 0.05) is 18.8 Å². The van der Waals surface area contributed by atoms with E-state index in [1.54, 1.807) is 24.2 Å². The van der Waals surface area contributed by atoms with Crippen LogP contribution in [0.15, 0.2) is 48.8 Å². The van der Waals surface area contributed by atoms with Crippen LogP contribution >= 0.6 is 0 Å². The summed E-state index contributed by atoms with van der Waals surface area (Å²) in [5.41, 5.74) is 0.400. The maximum atomic E-state index is 12.8. The molecular formula is C19H23NO4. The molecule has 0 saturated heterocycles. The fourth-order valence-electron chi connectivity index (χ4n) is 2.78. The Labute approximate surface area is 142 Å². The number of aliphatic hydroxyl groups excluding tert-OH is 1. The molecule has 2 rings (SSSR count). The number of nitrogens with zero attached hydrogens (tertiary/aromatic N) is 1. The summed E-state index contributed by atoms with van der Waals surface area (Å²) in [7, 11) is 0. The lowest BCUT2D eigenvalue weighted by Crippen LogP contribution is -2.61. The number of aliphatic hydroxyl groups is 1. The van der Waals surface area contributed by atoms with Gasteiger partial charge in [0.15, 0.2) is 11.8 Å². The van der Waals surface area contributed by atoms with E-state index in [4.69, 9.17) is 4.74 Å². The van der Waals surface area contributed by atoms with E-state index in [0.717, 1.165) is 17.5 Å². The Morgan fingerprint density at radius 3 is 2.50 bits per heavy atom. The Bertz CT molecular complexity index is 623. The van der Waals surface area contributed by atoms with Crippen LogP contribution in [0.25, 0.3) is 0 Å². The molecule has 0 spiro atoms. The predicted molar refractivity (Wildman–Crippen MR) is 91.1 cm³/mol. The van der Waals surface area contributed by atoms with E-state index in [0.29, 0.717) is 6.29 Å². The van der Waals surface area contributed by atoms with E-state index in [-0.39, 0.29) is 13.0 Å². The molecule has 0 fully saturated rings. The smallest absolute Gasteiger partial charge is 0.335 e. The van der Waals surface area contributed by atoms with Gasteiger partial charge in [-0.15, -0.1) is 0 Å². The van der Waals surface area contributed by atoms with Crippen LogP contribution in [0.2, 0.25) is 0 Å². The average Bonchev–Trinajstić information content (AvgIpc) is 2.61. The number of aldehydes is 1. The number of esters is 1. The molecule has 2 atom stereocenters. The van der Waals surface area contributed by atoms with Gasteiger partial charge in [-0.05, 0) is 25.8 Å². The molecule has 0 bridgehead atoms. The zero-order valence-electron chi connectivity index (χ0n) is 14.0. The number of ether oxygens (including phenoxy) is 1. The zero-order valence-corrected chi connectivity index (χ0v) is 14.0. The number of allylic oxidation sites excluding steroid dienone is 2.